The van der Waals surface area contributed by atoms with E-state index in [1.807, 2.05) is 0 Å². The molecule has 3 aromatic rings. The van der Waals surface area contributed by atoms with Crippen LogP contribution in [0.3, 0.4) is 0 Å². The summed E-state index contributed by atoms with van der Waals surface area (Å²) in [4.78, 5) is 0. The van der Waals surface area contributed by atoms with Crippen molar-refractivity contribution in [1.82, 2.24) is 9.78 Å². The highest BCUT2D eigenvalue weighted by Gasteiger charge is 2.34. The molecule has 0 fully saturated rings. The molecule has 0 atom stereocenters. The Hall–Kier alpha value is -2.50. The Balaban J connectivity index is 2.29. The fourth-order valence-electron chi connectivity index (χ4n) is 2.13. The lowest BCUT2D eigenvalue weighted by molar-refractivity contribution is -0.137. The van der Waals surface area contributed by atoms with Crippen molar-refractivity contribution in [2.75, 3.05) is 5.73 Å². The van der Waals surface area contributed by atoms with E-state index in [1.54, 1.807) is 24.3 Å². The van der Waals surface area contributed by atoms with Crippen LogP contribution >= 0.6 is 0 Å². The molecule has 0 amide bonds. The summed E-state index contributed by atoms with van der Waals surface area (Å²) in [6.07, 6.45) is -2.92. The number of hydrogen-bond acceptors (Lipinski definition) is 2. The number of nitrogens with zero attached hydrogens (tertiary/aromatic N) is 2. The molecule has 0 aliphatic carbocycles. The van der Waals surface area contributed by atoms with E-state index in [0.29, 0.717) is 11.2 Å². The van der Waals surface area contributed by atoms with Crippen molar-refractivity contribution in [3.05, 3.63) is 54.2 Å². The summed E-state index contributed by atoms with van der Waals surface area (Å²) in [5.74, 6) is 0. The number of fused-ring (bicyclic) bond motifs is 1. The third-order valence-corrected chi connectivity index (χ3v) is 3.03. The summed E-state index contributed by atoms with van der Waals surface area (Å²) < 4.78 is 40.4. The van der Waals surface area contributed by atoms with Gasteiger partial charge in [-0.15, -0.1) is 0 Å². The Morgan fingerprint density at radius 3 is 2.55 bits per heavy atom. The molecule has 3 rings (SSSR count). The fraction of sp³-hybridized carbons (Fsp3) is 0.0714. The van der Waals surface area contributed by atoms with Crippen LogP contribution in [-0.4, -0.2) is 9.78 Å². The lowest BCUT2D eigenvalue weighted by Crippen LogP contribution is -2.11. The molecule has 2 aromatic carbocycles. The van der Waals surface area contributed by atoms with Crippen LogP contribution in [0.15, 0.2) is 48.7 Å². The van der Waals surface area contributed by atoms with E-state index in [9.17, 15) is 13.2 Å². The highest BCUT2D eigenvalue weighted by Crippen LogP contribution is 2.34. The SMILES string of the molecule is Nc1ccc2cnn(-c3ccccc3C(F)(F)F)c2c1. The molecule has 1 heterocycles. The number of anilines is 1. The molecule has 0 spiro atoms. The van der Waals surface area contributed by atoms with Crippen molar-refractivity contribution in [3.63, 3.8) is 0 Å². The average molecular weight is 277 g/mol. The zero-order valence-electron chi connectivity index (χ0n) is 10.2. The predicted octanol–water partition coefficient (Wildman–Crippen LogP) is 3.63. The lowest BCUT2D eigenvalue weighted by Gasteiger charge is -2.13. The second-order valence-electron chi connectivity index (χ2n) is 4.39. The maximum atomic E-state index is 13.1. The molecule has 0 unspecified atom stereocenters. The predicted molar refractivity (Wildman–Crippen MR) is 70.5 cm³/mol. The van der Waals surface area contributed by atoms with Crippen LogP contribution in [0.2, 0.25) is 0 Å². The molecule has 0 bridgehead atoms. The van der Waals surface area contributed by atoms with Gasteiger partial charge in [0.05, 0.1) is 23.0 Å². The first-order valence-corrected chi connectivity index (χ1v) is 5.87. The minimum Gasteiger partial charge on any atom is -0.399 e. The molecule has 2 N–H and O–H groups in total. The summed E-state index contributed by atoms with van der Waals surface area (Å²) in [5, 5.41) is 4.77. The molecule has 20 heavy (non-hydrogen) atoms. The molecule has 0 saturated heterocycles. The van der Waals surface area contributed by atoms with E-state index in [2.05, 4.69) is 5.10 Å². The van der Waals surface area contributed by atoms with Crippen LogP contribution in [-0.2, 0) is 6.18 Å². The molecule has 0 aliphatic rings. The molecule has 0 aliphatic heterocycles. The first kappa shape index (κ1) is 12.5. The Bertz CT molecular complexity index is 775. The fourth-order valence-corrected chi connectivity index (χ4v) is 2.13. The Morgan fingerprint density at radius 1 is 1.05 bits per heavy atom. The average Bonchev–Trinajstić information content (AvgIpc) is 2.80. The maximum Gasteiger partial charge on any atom is 0.418 e. The third-order valence-electron chi connectivity index (χ3n) is 3.03. The number of nitrogens with two attached hydrogens (primary N) is 1. The van der Waals surface area contributed by atoms with E-state index in [1.165, 1.54) is 23.0 Å². The quantitative estimate of drug-likeness (QED) is 0.690. The van der Waals surface area contributed by atoms with Crippen LogP contribution in [0.5, 0.6) is 0 Å². The number of para-hydroxylation sites is 1. The summed E-state index contributed by atoms with van der Waals surface area (Å²) in [7, 11) is 0. The van der Waals surface area contributed by atoms with Crippen LogP contribution in [0.25, 0.3) is 16.6 Å². The summed E-state index contributed by atoms with van der Waals surface area (Å²) in [5.41, 5.74) is 5.97. The van der Waals surface area contributed by atoms with E-state index >= 15 is 0 Å². The van der Waals surface area contributed by atoms with Gasteiger partial charge in [0.15, 0.2) is 0 Å². The van der Waals surface area contributed by atoms with Crippen LogP contribution < -0.4 is 5.73 Å². The van der Waals surface area contributed by atoms with Crippen LogP contribution in [0.1, 0.15) is 5.56 Å². The zero-order valence-corrected chi connectivity index (χ0v) is 10.2. The summed E-state index contributed by atoms with van der Waals surface area (Å²) >= 11 is 0. The van der Waals surface area contributed by atoms with Gasteiger partial charge in [-0.05, 0) is 30.3 Å². The monoisotopic (exact) mass is 277 g/mol. The molecule has 6 heteroatoms. The highest BCUT2D eigenvalue weighted by molar-refractivity contribution is 5.83. The van der Waals surface area contributed by atoms with Gasteiger partial charge in [0.1, 0.15) is 0 Å². The van der Waals surface area contributed by atoms with Gasteiger partial charge >= 0.3 is 6.18 Å². The Kier molecular flexibility index (Phi) is 2.67. The van der Waals surface area contributed by atoms with E-state index in [4.69, 9.17) is 5.73 Å². The normalized spacial score (nSPS) is 11.9. The van der Waals surface area contributed by atoms with Crippen molar-refractivity contribution in [1.29, 1.82) is 0 Å². The van der Waals surface area contributed by atoms with Crippen molar-refractivity contribution in [2.45, 2.75) is 6.18 Å². The second-order valence-corrected chi connectivity index (χ2v) is 4.39. The van der Waals surface area contributed by atoms with Gasteiger partial charge in [-0.1, -0.05) is 12.1 Å². The first-order valence-electron chi connectivity index (χ1n) is 5.87. The number of halogens is 3. The number of rotatable bonds is 1. The Morgan fingerprint density at radius 2 is 1.80 bits per heavy atom. The largest absolute Gasteiger partial charge is 0.418 e. The number of aromatic nitrogens is 2. The van der Waals surface area contributed by atoms with Gasteiger partial charge in [0.2, 0.25) is 0 Å². The Labute approximate surface area is 112 Å². The molecule has 1 aromatic heterocycles. The smallest absolute Gasteiger partial charge is 0.399 e. The van der Waals surface area contributed by atoms with Gasteiger partial charge in [-0.2, -0.15) is 18.3 Å². The minimum atomic E-state index is -4.44. The molecule has 3 nitrogen and oxygen atoms in total. The number of benzene rings is 2. The van der Waals surface area contributed by atoms with Crippen LogP contribution in [0.4, 0.5) is 18.9 Å². The van der Waals surface area contributed by atoms with Crippen molar-refractivity contribution >= 4 is 16.6 Å². The van der Waals surface area contributed by atoms with E-state index < -0.39 is 11.7 Å². The van der Waals surface area contributed by atoms with Gasteiger partial charge in [0.25, 0.3) is 0 Å². The maximum absolute atomic E-state index is 13.1. The number of alkyl halides is 3. The summed E-state index contributed by atoms with van der Waals surface area (Å²) in [6, 6.07) is 10.3. The third kappa shape index (κ3) is 1.99. The van der Waals surface area contributed by atoms with E-state index in [0.717, 1.165) is 11.5 Å². The van der Waals surface area contributed by atoms with Crippen molar-refractivity contribution in [3.8, 4) is 5.69 Å². The van der Waals surface area contributed by atoms with Crippen LogP contribution in [0, 0.1) is 0 Å². The minimum absolute atomic E-state index is 0.0133. The molecular weight excluding hydrogens is 267 g/mol. The molecule has 102 valence electrons. The summed E-state index contributed by atoms with van der Waals surface area (Å²) in [6.45, 7) is 0. The van der Waals surface area contributed by atoms with Gasteiger partial charge in [-0.3, -0.25) is 0 Å². The van der Waals surface area contributed by atoms with Gasteiger partial charge in [-0.25, -0.2) is 4.68 Å². The molecule has 0 saturated carbocycles. The van der Waals surface area contributed by atoms with Gasteiger partial charge < -0.3 is 5.73 Å². The lowest BCUT2D eigenvalue weighted by atomic mass is 10.1. The number of nitrogen functional groups attached to an aromatic ring is 1. The first-order chi connectivity index (χ1) is 9.47. The number of hydrogen-bond donors (Lipinski definition) is 1. The van der Waals surface area contributed by atoms with Crippen molar-refractivity contribution < 1.29 is 13.2 Å². The molecule has 0 radical (unpaired) electrons. The van der Waals surface area contributed by atoms with E-state index in [-0.39, 0.29) is 5.69 Å². The topological polar surface area (TPSA) is 43.8 Å². The molecular formula is C14H10F3N3. The van der Waals surface area contributed by atoms with Crippen molar-refractivity contribution in [2.24, 2.45) is 0 Å². The zero-order chi connectivity index (χ0) is 14.3. The highest BCUT2D eigenvalue weighted by atomic mass is 19.4. The standard InChI is InChI=1S/C14H10F3N3/c15-14(16,17)11-3-1-2-4-12(11)20-13-7-10(18)6-5-9(13)8-19-20/h1-8H,18H2. The second kappa shape index (κ2) is 4.26. The van der Waals surface area contributed by atoms with Gasteiger partial charge in [0, 0.05) is 11.1 Å².